The number of ether oxygens (including phenoxy) is 1. The molecular formula is C16H16N2O7S. The summed E-state index contributed by atoms with van der Waals surface area (Å²) in [6, 6.07) is 4.86. The number of β-lactam (4-membered cyclic amide) rings is 1. The molecule has 0 aromatic heterocycles. The van der Waals surface area contributed by atoms with Gasteiger partial charge < -0.3 is 25.6 Å². The lowest BCUT2D eigenvalue weighted by molar-refractivity contribution is -0.159. The Kier molecular flexibility index (Phi) is 4.63. The molecule has 1 aromatic carbocycles. The number of nitrogens with zero attached hydrogens (tertiary/aromatic N) is 1. The van der Waals surface area contributed by atoms with Gasteiger partial charge in [-0.15, -0.1) is 11.8 Å². The van der Waals surface area contributed by atoms with E-state index >= 15 is 0 Å². The maximum Gasteiger partial charge on any atom is 0.339 e. The first-order valence-electron chi connectivity index (χ1n) is 7.67. The van der Waals surface area contributed by atoms with Gasteiger partial charge in [-0.05, 0) is 12.1 Å². The monoisotopic (exact) mass is 380 g/mol. The molecule has 3 atom stereocenters. The summed E-state index contributed by atoms with van der Waals surface area (Å²) in [6.07, 6.45) is 0. The van der Waals surface area contributed by atoms with Gasteiger partial charge in [0.15, 0.2) is 0 Å². The second-order valence-corrected chi connectivity index (χ2v) is 7.31. The molecule has 4 N–H and O–H groups in total. The van der Waals surface area contributed by atoms with Crippen LogP contribution in [0.5, 0.6) is 0 Å². The zero-order valence-electron chi connectivity index (χ0n) is 13.5. The van der Waals surface area contributed by atoms with E-state index in [1.165, 1.54) is 40.9 Å². The van der Waals surface area contributed by atoms with E-state index in [-0.39, 0.29) is 34.7 Å². The molecule has 9 nitrogen and oxygen atoms in total. The fourth-order valence-corrected chi connectivity index (χ4v) is 4.41. The van der Waals surface area contributed by atoms with Crippen molar-refractivity contribution >= 4 is 35.6 Å². The smallest absolute Gasteiger partial charge is 0.339 e. The van der Waals surface area contributed by atoms with Crippen LogP contribution in [0.3, 0.4) is 0 Å². The minimum atomic E-state index is -1.47. The largest absolute Gasteiger partial charge is 0.481 e. The second-order valence-electron chi connectivity index (χ2n) is 6.21. The van der Waals surface area contributed by atoms with Gasteiger partial charge >= 0.3 is 17.9 Å². The lowest BCUT2D eigenvalue weighted by Crippen LogP contribution is -2.72. The van der Waals surface area contributed by atoms with Crippen LogP contribution in [0.1, 0.15) is 20.7 Å². The first-order valence-corrected chi connectivity index (χ1v) is 8.72. The number of carboxylic acid groups (broad SMARTS) is 2. The Bertz CT molecular complexity index is 799. The van der Waals surface area contributed by atoms with Crippen LogP contribution in [-0.2, 0) is 14.3 Å². The highest BCUT2D eigenvalue weighted by molar-refractivity contribution is 8.00. The zero-order valence-corrected chi connectivity index (χ0v) is 14.3. The number of hydrogen-bond acceptors (Lipinski definition) is 7. The summed E-state index contributed by atoms with van der Waals surface area (Å²) in [4.78, 5) is 48.4. The molecule has 2 aliphatic rings. The third kappa shape index (κ3) is 2.90. The lowest BCUT2D eigenvalue weighted by Gasteiger charge is -2.52. The normalized spacial score (nSPS) is 27.3. The molecule has 10 heteroatoms. The Labute approximate surface area is 152 Å². The van der Waals surface area contributed by atoms with Crippen molar-refractivity contribution in [2.75, 3.05) is 18.9 Å². The van der Waals surface area contributed by atoms with Crippen molar-refractivity contribution < 1.29 is 34.1 Å². The van der Waals surface area contributed by atoms with Crippen LogP contribution < -0.4 is 5.73 Å². The number of aromatic carboxylic acids is 1. The van der Waals surface area contributed by atoms with Crippen LogP contribution in [0.25, 0.3) is 0 Å². The Morgan fingerprint density at radius 1 is 1.27 bits per heavy atom. The van der Waals surface area contributed by atoms with Gasteiger partial charge in [0.25, 0.3) is 0 Å². The summed E-state index contributed by atoms with van der Waals surface area (Å²) in [7, 11) is 0. The van der Waals surface area contributed by atoms with Crippen LogP contribution in [0.4, 0.5) is 0 Å². The molecule has 138 valence electrons. The maximum atomic E-state index is 12.3. The molecular weight excluding hydrogens is 364 g/mol. The van der Waals surface area contributed by atoms with Crippen molar-refractivity contribution in [1.82, 2.24) is 4.90 Å². The van der Waals surface area contributed by atoms with Crippen LogP contribution in [-0.4, -0.2) is 69.2 Å². The molecule has 2 saturated heterocycles. The predicted octanol–water partition coefficient (Wildman–Crippen LogP) is -0.145. The predicted molar refractivity (Wildman–Crippen MR) is 89.7 cm³/mol. The molecule has 0 radical (unpaired) electrons. The molecule has 0 saturated carbocycles. The van der Waals surface area contributed by atoms with Gasteiger partial charge in [-0.1, -0.05) is 12.1 Å². The van der Waals surface area contributed by atoms with E-state index in [1.807, 2.05) is 0 Å². The summed E-state index contributed by atoms with van der Waals surface area (Å²) in [5, 5.41) is 18.5. The molecule has 0 bridgehead atoms. The molecule has 2 heterocycles. The standard InChI is InChI=1S/C16H16N2O7S/c17-10-11(19)18-5-16(15(23)24,7-26-12(10)18)6-25-14(22)9-4-2-1-3-8(9)13(20)21/h1-4,10,12H,5-7,17H2,(H,20,21)(H,23,24)/t10?,12-,16?/m1/s1. The van der Waals surface area contributed by atoms with Crippen molar-refractivity contribution in [3.63, 3.8) is 0 Å². The zero-order chi connectivity index (χ0) is 19.1. The number of hydrogen-bond donors (Lipinski definition) is 3. The van der Waals surface area contributed by atoms with E-state index in [1.54, 1.807) is 0 Å². The summed E-state index contributed by atoms with van der Waals surface area (Å²) >= 11 is 1.23. The molecule has 3 rings (SSSR count). The first-order chi connectivity index (χ1) is 12.3. The Morgan fingerprint density at radius 3 is 2.54 bits per heavy atom. The fourth-order valence-electron chi connectivity index (χ4n) is 2.94. The lowest BCUT2D eigenvalue weighted by atomic mass is 9.88. The molecule has 0 spiro atoms. The third-order valence-electron chi connectivity index (χ3n) is 4.50. The number of carboxylic acids is 2. The number of thioether (sulfide) groups is 1. The number of carbonyl (C=O) groups excluding carboxylic acids is 2. The van der Waals surface area contributed by atoms with E-state index in [0.717, 1.165) is 0 Å². The number of carbonyl (C=O) groups is 4. The first kappa shape index (κ1) is 18.2. The molecule has 2 aliphatic heterocycles. The highest BCUT2D eigenvalue weighted by atomic mass is 32.2. The van der Waals surface area contributed by atoms with Gasteiger partial charge in [-0.25, -0.2) is 9.59 Å². The number of esters is 1. The summed E-state index contributed by atoms with van der Waals surface area (Å²) in [6.45, 7) is -0.589. The minimum Gasteiger partial charge on any atom is -0.481 e. The quantitative estimate of drug-likeness (QED) is 0.469. The average Bonchev–Trinajstić information content (AvgIpc) is 2.64. The number of amides is 1. The van der Waals surface area contributed by atoms with Crippen LogP contribution in [0.15, 0.2) is 24.3 Å². The van der Waals surface area contributed by atoms with Crippen molar-refractivity contribution in [2.24, 2.45) is 11.1 Å². The van der Waals surface area contributed by atoms with E-state index in [2.05, 4.69) is 0 Å². The highest BCUT2D eigenvalue weighted by Gasteiger charge is 2.56. The van der Waals surface area contributed by atoms with E-state index < -0.39 is 36.0 Å². The molecule has 1 aromatic rings. The van der Waals surface area contributed by atoms with Gasteiger partial charge in [-0.3, -0.25) is 9.59 Å². The number of rotatable bonds is 5. The van der Waals surface area contributed by atoms with Gasteiger partial charge in [0.05, 0.1) is 11.1 Å². The van der Waals surface area contributed by atoms with E-state index in [9.17, 15) is 24.3 Å². The second kappa shape index (κ2) is 6.61. The average molecular weight is 380 g/mol. The fraction of sp³-hybridized carbons (Fsp3) is 0.375. The number of fused-ring (bicyclic) bond motifs is 1. The molecule has 2 fully saturated rings. The molecule has 26 heavy (non-hydrogen) atoms. The molecule has 0 aliphatic carbocycles. The Hall–Kier alpha value is -2.59. The van der Waals surface area contributed by atoms with Gasteiger partial charge in [0.1, 0.15) is 23.4 Å². The van der Waals surface area contributed by atoms with Crippen molar-refractivity contribution in [3.05, 3.63) is 35.4 Å². The van der Waals surface area contributed by atoms with E-state index in [0.29, 0.717) is 0 Å². The Balaban J connectivity index is 1.74. The molecule has 2 unspecified atom stereocenters. The van der Waals surface area contributed by atoms with Crippen molar-refractivity contribution in [2.45, 2.75) is 11.4 Å². The van der Waals surface area contributed by atoms with Gasteiger partial charge in [0.2, 0.25) is 5.91 Å². The number of benzene rings is 1. The van der Waals surface area contributed by atoms with Gasteiger partial charge in [-0.2, -0.15) is 0 Å². The summed E-state index contributed by atoms with van der Waals surface area (Å²) in [5.41, 5.74) is 3.82. The Morgan fingerprint density at radius 2 is 1.92 bits per heavy atom. The number of aliphatic carboxylic acids is 1. The van der Waals surface area contributed by atoms with Gasteiger partial charge in [0, 0.05) is 12.3 Å². The van der Waals surface area contributed by atoms with Crippen molar-refractivity contribution in [1.29, 1.82) is 0 Å². The maximum absolute atomic E-state index is 12.3. The minimum absolute atomic E-state index is 0.111. The third-order valence-corrected chi connectivity index (χ3v) is 6.11. The van der Waals surface area contributed by atoms with Crippen molar-refractivity contribution in [3.8, 4) is 0 Å². The summed E-state index contributed by atoms with van der Waals surface area (Å²) in [5.74, 6) is -3.63. The highest BCUT2D eigenvalue weighted by Crippen LogP contribution is 2.41. The molecule has 1 amide bonds. The van der Waals surface area contributed by atoms with Crippen LogP contribution >= 0.6 is 11.8 Å². The summed E-state index contributed by atoms with van der Waals surface area (Å²) < 4.78 is 5.13. The number of nitrogens with two attached hydrogens (primary N) is 1. The van der Waals surface area contributed by atoms with Crippen LogP contribution in [0.2, 0.25) is 0 Å². The SMILES string of the molecule is NC1C(=O)N2CC(COC(=O)c3ccccc3C(=O)O)(C(=O)O)CS[C@H]12. The van der Waals surface area contributed by atoms with Crippen LogP contribution in [0, 0.1) is 5.41 Å². The van der Waals surface area contributed by atoms with E-state index in [4.69, 9.17) is 15.6 Å². The topological polar surface area (TPSA) is 147 Å².